The van der Waals surface area contributed by atoms with Crippen molar-refractivity contribution in [2.75, 3.05) is 13.2 Å². The van der Waals surface area contributed by atoms with Gasteiger partial charge >= 0.3 is 6.03 Å². The Hall–Kier alpha value is -3.50. The van der Waals surface area contributed by atoms with Crippen LogP contribution in [0.25, 0.3) is 11.1 Å². The molecule has 0 fully saturated rings. The van der Waals surface area contributed by atoms with Crippen molar-refractivity contribution in [3.05, 3.63) is 84.0 Å². The van der Waals surface area contributed by atoms with E-state index in [4.69, 9.17) is 21.9 Å². The summed E-state index contributed by atoms with van der Waals surface area (Å²) in [4.78, 5) is 16.8. The number of aromatic nitrogens is 2. The highest BCUT2D eigenvalue weighted by Crippen LogP contribution is 2.28. The molecule has 8 nitrogen and oxygen atoms in total. The molecule has 0 radical (unpaired) electrons. The summed E-state index contributed by atoms with van der Waals surface area (Å²) in [5.74, 6) is 0.961. The summed E-state index contributed by atoms with van der Waals surface area (Å²) in [5.41, 5.74) is 3.86. The molecule has 3 rings (SSSR count). The summed E-state index contributed by atoms with van der Waals surface area (Å²) in [6, 6.07) is 13.4. The van der Waals surface area contributed by atoms with Crippen molar-refractivity contribution in [3.8, 4) is 11.1 Å². The van der Waals surface area contributed by atoms with Gasteiger partial charge in [-0.2, -0.15) is 0 Å². The van der Waals surface area contributed by atoms with Crippen LogP contribution >= 0.6 is 12.2 Å². The molecule has 0 aliphatic heterocycles. The first-order chi connectivity index (χ1) is 18.2. The number of thiocarbonyl (C=S) groups is 1. The number of unbranched alkanes of at least 4 members (excludes halogenated alkanes) is 1. The molecule has 0 aliphatic rings. The van der Waals surface area contributed by atoms with E-state index in [9.17, 15) is 13.2 Å². The lowest BCUT2D eigenvalue weighted by Crippen LogP contribution is -2.39. The van der Waals surface area contributed by atoms with Crippen LogP contribution in [0.2, 0.25) is 0 Å². The lowest BCUT2D eigenvalue weighted by Gasteiger charge is -2.15. The number of carbonyl (C=O) groups excluding carboxylic acids is 1. The largest absolute Gasteiger partial charge is 0.482 e. The molecule has 0 aliphatic carbocycles. The lowest BCUT2D eigenvalue weighted by molar-refractivity contribution is 0.247. The smallest absolute Gasteiger partial charge is 0.328 e. The number of nitrogens with zero attached hydrogens (tertiary/aromatic N) is 2. The molecule has 0 spiro atoms. The number of imidazole rings is 1. The molecular weight excluding hydrogens is 520 g/mol. The van der Waals surface area contributed by atoms with Crippen molar-refractivity contribution in [1.29, 1.82) is 0 Å². The Balaban J connectivity index is 1.91. The summed E-state index contributed by atoms with van der Waals surface area (Å²) in [7, 11) is -4.10. The predicted molar refractivity (Wildman–Crippen MR) is 154 cm³/mol. The second-order valence-electron chi connectivity index (χ2n) is 8.67. The van der Waals surface area contributed by atoms with Gasteiger partial charge in [0.05, 0.1) is 17.2 Å². The maximum Gasteiger partial charge on any atom is 0.328 e. The van der Waals surface area contributed by atoms with Crippen LogP contribution in [0.5, 0.6) is 0 Å². The van der Waals surface area contributed by atoms with Crippen LogP contribution in [0.3, 0.4) is 0 Å². The number of carbonyl (C=O) groups is 1. The Morgan fingerprint density at radius 2 is 1.87 bits per heavy atom. The van der Waals surface area contributed by atoms with E-state index < -0.39 is 16.1 Å². The Morgan fingerprint density at radius 3 is 2.53 bits per heavy atom. The molecular formula is C28H34N4O4S2. The number of aryl methyl sites for hydroxylation is 2. The first-order valence-electron chi connectivity index (χ1n) is 12.5. The van der Waals surface area contributed by atoms with Gasteiger partial charge in [0.25, 0.3) is 10.0 Å². The van der Waals surface area contributed by atoms with Crippen LogP contribution in [0.15, 0.2) is 66.1 Å². The van der Waals surface area contributed by atoms with E-state index >= 15 is 0 Å². The fourth-order valence-electron chi connectivity index (χ4n) is 4.07. The zero-order valence-electron chi connectivity index (χ0n) is 22.0. The van der Waals surface area contributed by atoms with Crippen molar-refractivity contribution in [2.24, 2.45) is 0 Å². The van der Waals surface area contributed by atoms with Gasteiger partial charge < -0.3 is 14.6 Å². The number of ether oxygens (including phenoxy) is 1. The van der Waals surface area contributed by atoms with Gasteiger partial charge in [-0.1, -0.05) is 61.9 Å². The van der Waals surface area contributed by atoms with E-state index in [1.807, 2.05) is 38.1 Å². The number of urea groups is 1. The first-order valence-corrected chi connectivity index (χ1v) is 14.4. The molecule has 0 bridgehead atoms. The minimum absolute atomic E-state index is 0.0120. The van der Waals surface area contributed by atoms with Crippen LogP contribution < -0.4 is 10.0 Å². The maximum atomic E-state index is 13.0. The molecule has 2 aromatic carbocycles. The molecule has 0 unspecified atom stereocenters. The van der Waals surface area contributed by atoms with E-state index in [2.05, 4.69) is 28.1 Å². The fraction of sp³-hybridized carbons (Fsp3) is 0.321. The number of rotatable bonds is 12. The van der Waals surface area contributed by atoms with Crippen LogP contribution in [0, 0.1) is 6.92 Å². The minimum atomic E-state index is -4.10. The molecule has 1 aromatic heterocycles. The normalized spacial score (nSPS) is 11.1. The summed E-state index contributed by atoms with van der Waals surface area (Å²) < 4.78 is 35.7. The number of hydrogen-bond acceptors (Lipinski definition) is 6. The number of amides is 2. The lowest BCUT2D eigenvalue weighted by atomic mass is 10.0. The number of hydrogen-bond donors (Lipinski definition) is 2. The van der Waals surface area contributed by atoms with Gasteiger partial charge in [-0.15, -0.1) is 6.58 Å². The van der Waals surface area contributed by atoms with E-state index in [1.165, 1.54) is 12.1 Å². The second-order valence-corrected chi connectivity index (χ2v) is 10.7. The highest BCUT2D eigenvalue weighted by molar-refractivity contribution is 7.90. The van der Waals surface area contributed by atoms with Gasteiger partial charge in [-0.25, -0.2) is 22.9 Å². The SMILES string of the molecule is C=CCNC(=O)NS(=O)(=O)c1ccccc1-c1ccc(Cn2c(CCCC)nc(C)c2C(=S)OCC)cc1. The third-order valence-electron chi connectivity index (χ3n) is 5.86. The maximum absolute atomic E-state index is 13.0. The minimum Gasteiger partial charge on any atom is -0.482 e. The topological polar surface area (TPSA) is 102 Å². The van der Waals surface area contributed by atoms with E-state index in [1.54, 1.807) is 18.2 Å². The third kappa shape index (κ3) is 7.08. The molecule has 38 heavy (non-hydrogen) atoms. The van der Waals surface area contributed by atoms with Gasteiger partial charge in [-0.3, -0.25) is 0 Å². The average molecular weight is 555 g/mol. The Kier molecular flexibility index (Phi) is 10.2. The Morgan fingerprint density at radius 1 is 1.16 bits per heavy atom. The highest BCUT2D eigenvalue weighted by Gasteiger charge is 2.22. The van der Waals surface area contributed by atoms with Crippen molar-refractivity contribution < 1.29 is 17.9 Å². The zero-order chi connectivity index (χ0) is 27.7. The molecule has 3 aromatic rings. The van der Waals surface area contributed by atoms with E-state index in [-0.39, 0.29) is 11.4 Å². The van der Waals surface area contributed by atoms with Gasteiger partial charge in [0.15, 0.2) is 0 Å². The molecule has 10 heteroatoms. The molecule has 1 heterocycles. The highest BCUT2D eigenvalue weighted by atomic mass is 32.2. The van der Waals surface area contributed by atoms with Crippen molar-refractivity contribution in [2.45, 2.75) is 51.5 Å². The van der Waals surface area contributed by atoms with Crippen LogP contribution in [-0.4, -0.2) is 42.2 Å². The third-order valence-corrected chi connectivity index (χ3v) is 7.56. The van der Waals surface area contributed by atoms with Crippen LogP contribution in [0.4, 0.5) is 4.79 Å². The fourth-order valence-corrected chi connectivity index (χ4v) is 5.61. The zero-order valence-corrected chi connectivity index (χ0v) is 23.6. The molecule has 2 amide bonds. The van der Waals surface area contributed by atoms with Gasteiger partial charge in [0.2, 0.25) is 5.05 Å². The van der Waals surface area contributed by atoms with Crippen LogP contribution in [0.1, 0.15) is 49.5 Å². The number of nitrogens with one attached hydrogen (secondary N) is 2. The van der Waals surface area contributed by atoms with Crippen molar-refractivity contribution in [3.63, 3.8) is 0 Å². The Bertz CT molecular complexity index is 1400. The molecule has 0 saturated carbocycles. The molecule has 0 saturated heterocycles. The summed E-state index contributed by atoms with van der Waals surface area (Å²) >= 11 is 5.54. The van der Waals surface area contributed by atoms with Crippen LogP contribution in [-0.2, 0) is 27.7 Å². The molecule has 0 atom stereocenters. The Labute approximate surface area is 230 Å². The van der Waals surface area contributed by atoms with Gasteiger partial charge in [0.1, 0.15) is 11.5 Å². The van der Waals surface area contributed by atoms with E-state index in [0.29, 0.717) is 29.3 Å². The summed E-state index contributed by atoms with van der Waals surface area (Å²) in [6.45, 7) is 10.7. The average Bonchev–Trinajstić information content (AvgIpc) is 3.20. The van der Waals surface area contributed by atoms with E-state index in [0.717, 1.165) is 42.0 Å². The van der Waals surface area contributed by atoms with Crippen molar-refractivity contribution in [1.82, 2.24) is 19.6 Å². The molecule has 2 N–H and O–H groups in total. The standard InChI is InChI=1S/C28H34N4O4S2/c1-5-8-13-25-30-20(4)26(27(37)36-7-3)32(25)19-21-14-16-22(17-15-21)23-11-9-10-12-24(23)38(34,35)31-28(33)29-18-6-2/h6,9-12,14-17H,2,5,7-8,13,18-19H2,1,3-4H3,(H2,29,31,33). The first kappa shape index (κ1) is 29.1. The quantitative estimate of drug-likeness (QED) is 0.238. The predicted octanol–water partition coefficient (Wildman–Crippen LogP) is 5.14. The van der Waals surface area contributed by atoms with Crippen molar-refractivity contribution >= 4 is 33.3 Å². The van der Waals surface area contributed by atoms with Gasteiger partial charge in [-0.05, 0) is 49.7 Å². The van der Waals surface area contributed by atoms with Gasteiger partial charge in [0, 0.05) is 25.1 Å². The number of benzene rings is 2. The summed E-state index contributed by atoms with van der Waals surface area (Å²) in [5, 5.41) is 2.85. The summed E-state index contributed by atoms with van der Waals surface area (Å²) in [6.07, 6.45) is 4.37. The second kappa shape index (κ2) is 13.3. The monoisotopic (exact) mass is 554 g/mol. The molecule has 202 valence electrons. The number of sulfonamides is 1.